The lowest BCUT2D eigenvalue weighted by Gasteiger charge is -2.27. The first-order valence-electron chi connectivity index (χ1n) is 7.08. The molecule has 0 unspecified atom stereocenters. The predicted octanol–water partition coefficient (Wildman–Crippen LogP) is 1.65. The van der Waals surface area contributed by atoms with Gasteiger partial charge < -0.3 is 14.6 Å². The Bertz CT molecular complexity index is 369. The number of hydrogen-bond acceptors (Lipinski definition) is 6. The maximum atomic E-state index is 12.2. The number of ether oxygens (including phenoxy) is 2. The van der Waals surface area contributed by atoms with Crippen molar-refractivity contribution >= 4 is 23.8 Å². The normalized spacial score (nSPS) is 22.2. The van der Waals surface area contributed by atoms with Crippen LogP contribution in [0, 0.1) is 0 Å². The lowest BCUT2D eigenvalue weighted by atomic mass is 10.2. The van der Waals surface area contributed by atoms with Crippen LogP contribution >= 0.6 is 11.8 Å². The third-order valence-corrected chi connectivity index (χ3v) is 4.36. The Morgan fingerprint density at radius 3 is 2.57 bits per heavy atom. The van der Waals surface area contributed by atoms with Crippen molar-refractivity contribution in [2.45, 2.75) is 50.5 Å². The molecule has 1 rings (SSSR count). The van der Waals surface area contributed by atoms with Gasteiger partial charge in [-0.2, -0.15) is 11.8 Å². The molecule has 6 nitrogen and oxygen atoms in total. The molecule has 122 valence electrons. The summed E-state index contributed by atoms with van der Waals surface area (Å²) >= 11 is 1.66. The largest absolute Gasteiger partial charge is 0.467 e. The summed E-state index contributed by atoms with van der Waals surface area (Å²) in [4.78, 5) is 25.5. The number of aliphatic hydroxyl groups excluding tert-OH is 1. The van der Waals surface area contributed by atoms with Gasteiger partial charge in [-0.25, -0.2) is 9.59 Å². The number of hydrogen-bond donors (Lipinski definition) is 1. The minimum Gasteiger partial charge on any atom is -0.467 e. The van der Waals surface area contributed by atoms with E-state index in [2.05, 4.69) is 0 Å². The minimum absolute atomic E-state index is 0.149. The molecule has 0 aromatic carbocycles. The second-order valence-corrected chi connectivity index (χ2v) is 7.39. The highest BCUT2D eigenvalue weighted by Gasteiger charge is 2.42. The lowest BCUT2D eigenvalue weighted by Crippen LogP contribution is -2.43. The van der Waals surface area contributed by atoms with E-state index in [4.69, 9.17) is 14.6 Å². The van der Waals surface area contributed by atoms with Crippen molar-refractivity contribution in [2.75, 3.05) is 26.0 Å². The molecule has 7 heteroatoms. The van der Waals surface area contributed by atoms with Crippen molar-refractivity contribution in [3.63, 3.8) is 0 Å². The van der Waals surface area contributed by atoms with Crippen molar-refractivity contribution < 1.29 is 24.2 Å². The van der Waals surface area contributed by atoms with Crippen LogP contribution in [-0.2, 0) is 14.3 Å². The summed E-state index contributed by atoms with van der Waals surface area (Å²) in [6.45, 7) is 5.99. The third kappa shape index (κ3) is 5.74. The summed E-state index contributed by atoms with van der Waals surface area (Å²) in [7, 11) is 1.32. The lowest BCUT2D eigenvalue weighted by molar-refractivity contribution is -0.145. The van der Waals surface area contributed by atoms with Gasteiger partial charge in [-0.3, -0.25) is 4.90 Å². The van der Waals surface area contributed by atoms with E-state index in [1.54, 1.807) is 32.5 Å². The SMILES string of the molecule is COC(=O)[C@@H]1C[C@@H](SCCCO)CN1C(=O)OC(C)(C)C. The number of thioether (sulfide) groups is 1. The Kier molecular flexibility index (Phi) is 6.80. The van der Waals surface area contributed by atoms with E-state index >= 15 is 0 Å². The Morgan fingerprint density at radius 2 is 2.05 bits per heavy atom. The average molecular weight is 319 g/mol. The van der Waals surface area contributed by atoms with Gasteiger partial charge in [0.2, 0.25) is 0 Å². The first-order chi connectivity index (χ1) is 9.78. The highest BCUT2D eigenvalue weighted by Crippen LogP contribution is 2.30. The van der Waals surface area contributed by atoms with Crippen LogP contribution in [0.25, 0.3) is 0 Å². The van der Waals surface area contributed by atoms with Gasteiger partial charge in [0.05, 0.1) is 7.11 Å². The Balaban J connectivity index is 2.69. The van der Waals surface area contributed by atoms with Crippen LogP contribution in [-0.4, -0.2) is 65.0 Å². The maximum absolute atomic E-state index is 12.2. The number of nitrogens with zero attached hydrogens (tertiary/aromatic N) is 1. The van der Waals surface area contributed by atoms with E-state index in [9.17, 15) is 9.59 Å². The molecule has 0 saturated carbocycles. The minimum atomic E-state index is -0.597. The molecule has 1 heterocycles. The van der Waals surface area contributed by atoms with Gasteiger partial charge in [0, 0.05) is 18.4 Å². The van der Waals surface area contributed by atoms with E-state index < -0.39 is 23.7 Å². The van der Waals surface area contributed by atoms with E-state index in [0.717, 1.165) is 5.75 Å². The zero-order valence-corrected chi connectivity index (χ0v) is 13.9. The molecule has 0 aromatic heterocycles. The van der Waals surface area contributed by atoms with E-state index in [1.165, 1.54) is 12.0 Å². The number of amides is 1. The molecule has 0 spiro atoms. The van der Waals surface area contributed by atoms with Gasteiger partial charge >= 0.3 is 12.1 Å². The molecule has 1 N–H and O–H groups in total. The van der Waals surface area contributed by atoms with Gasteiger partial charge in [-0.1, -0.05) is 0 Å². The fourth-order valence-electron chi connectivity index (χ4n) is 2.11. The molecular formula is C14H25NO5S. The van der Waals surface area contributed by atoms with Crippen LogP contribution < -0.4 is 0 Å². The number of carbonyl (C=O) groups excluding carboxylic acids is 2. The van der Waals surface area contributed by atoms with E-state index in [-0.39, 0.29) is 11.9 Å². The highest BCUT2D eigenvalue weighted by molar-refractivity contribution is 7.99. The van der Waals surface area contributed by atoms with Gasteiger partial charge in [0.15, 0.2) is 0 Å². The number of methoxy groups -OCH3 is 1. The second kappa shape index (κ2) is 7.89. The molecule has 1 amide bonds. The first-order valence-corrected chi connectivity index (χ1v) is 8.13. The van der Waals surface area contributed by atoms with Crippen LogP contribution in [0.5, 0.6) is 0 Å². The Labute approximate surface area is 130 Å². The highest BCUT2D eigenvalue weighted by atomic mass is 32.2. The fraction of sp³-hybridized carbons (Fsp3) is 0.857. The summed E-state index contributed by atoms with van der Waals surface area (Å²) in [5.74, 6) is 0.392. The molecular weight excluding hydrogens is 294 g/mol. The van der Waals surface area contributed by atoms with Gasteiger partial charge in [-0.05, 0) is 39.4 Å². The Morgan fingerprint density at radius 1 is 1.38 bits per heavy atom. The summed E-state index contributed by atoms with van der Waals surface area (Å²) in [6, 6.07) is -0.587. The fourth-order valence-corrected chi connectivity index (χ4v) is 3.33. The van der Waals surface area contributed by atoms with Crippen molar-refractivity contribution in [2.24, 2.45) is 0 Å². The number of carbonyl (C=O) groups is 2. The van der Waals surface area contributed by atoms with Crippen molar-refractivity contribution in [1.82, 2.24) is 4.90 Å². The standard InChI is InChI=1S/C14H25NO5S/c1-14(2,3)20-13(18)15-9-10(21-7-5-6-16)8-11(15)12(17)19-4/h10-11,16H,5-9H2,1-4H3/t10-,11+/m1/s1. The summed E-state index contributed by atoms with van der Waals surface area (Å²) in [5.41, 5.74) is -0.597. The number of likely N-dealkylation sites (tertiary alicyclic amines) is 1. The van der Waals surface area contributed by atoms with Crippen molar-refractivity contribution in [1.29, 1.82) is 0 Å². The zero-order chi connectivity index (χ0) is 16.0. The molecule has 0 aromatic rings. The summed E-state index contributed by atoms with van der Waals surface area (Å²) < 4.78 is 10.1. The maximum Gasteiger partial charge on any atom is 0.411 e. The molecule has 0 aliphatic carbocycles. The topological polar surface area (TPSA) is 76.1 Å². The van der Waals surface area contributed by atoms with Gasteiger partial charge in [-0.15, -0.1) is 0 Å². The van der Waals surface area contributed by atoms with Crippen LogP contribution in [0.4, 0.5) is 4.79 Å². The van der Waals surface area contributed by atoms with Gasteiger partial charge in [0.1, 0.15) is 11.6 Å². The molecule has 1 aliphatic rings. The second-order valence-electron chi connectivity index (χ2n) is 5.98. The van der Waals surface area contributed by atoms with Gasteiger partial charge in [0.25, 0.3) is 0 Å². The van der Waals surface area contributed by atoms with Crippen LogP contribution in [0.1, 0.15) is 33.6 Å². The van der Waals surface area contributed by atoms with E-state index in [0.29, 0.717) is 19.4 Å². The number of esters is 1. The van der Waals surface area contributed by atoms with Crippen LogP contribution in [0.15, 0.2) is 0 Å². The summed E-state index contributed by atoms with van der Waals surface area (Å²) in [5, 5.41) is 8.97. The molecule has 0 radical (unpaired) electrons. The molecule has 1 fully saturated rings. The summed E-state index contributed by atoms with van der Waals surface area (Å²) in [6.07, 6.45) is 0.779. The van der Waals surface area contributed by atoms with E-state index in [1.807, 2.05) is 0 Å². The molecule has 2 atom stereocenters. The van der Waals surface area contributed by atoms with Crippen molar-refractivity contribution in [3.8, 4) is 0 Å². The average Bonchev–Trinajstić information content (AvgIpc) is 2.80. The first kappa shape index (κ1) is 18.1. The smallest absolute Gasteiger partial charge is 0.411 e. The molecule has 21 heavy (non-hydrogen) atoms. The number of rotatable bonds is 5. The molecule has 1 aliphatic heterocycles. The quantitative estimate of drug-likeness (QED) is 0.613. The zero-order valence-electron chi connectivity index (χ0n) is 13.1. The number of aliphatic hydroxyl groups is 1. The third-order valence-electron chi connectivity index (χ3n) is 3.02. The van der Waals surface area contributed by atoms with Crippen LogP contribution in [0.3, 0.4) is 0 Å². The monoisotopic (exact) mass is 319 g/mol. The van der Waals surface area contributed by atoms with Crippen LogP contribution in [0.2, 0.25) is 0 Å². The predicted molar refractivity (Wildman–Crippen MR) is 81.3 cm³/mol. The molecule has 0 bridgehead atoms. The Hall–Kier alpha value is -0.950. The van der Waals surface area contributed by atoms with Crippen molar-refractivity contribution in [3.05, 3.63) is 0 Å². The molecule has 1 saturated heterocycles.